The van der Waals surface area contributed by atoms with Gasteiger partial charge in [-0.05, 0) is 49.9 Å². The minimum Gasteiger partial charge on any atom is -0.461 e. The first-order chi connectivity index (χ1) is 20.1. The lowest BCUT2D eigenvalue weighted by Gasteiger charge is -2.27. The summed E-state index contributed by atoms with van der Waals surface area (Å²) in [6.45, 7) is 1.57. The SMILES string of the molecule is CCOC(=O)/C(=C/CCCC(N)=O)N(C(=O)[C@@H](CC=O)Cc1ccccc1)c1ccc(-c2ccccc2C(F)(F)F)[nH]1. The standard InChI is InChI=1S/C31H32F3N3O5/c1-2-42-30(41)26(14-8-9-15-27(35)39)37(29(40)22(18-19-38)20-21-10-4-3-5-11-21)28-17-16-25(36-28)23-12-6-7-13-24(23)31(32,33)34/h3-7,10-14,16-17,19,22,36H,2,8-9,15,18,20H2,1H3,(H2,35,39)/b26-14-/t22-/m0/s1. The number of aldehydes is 1. The van der Waals surface area contributed by atoms with Gasteiger partial charge in [0.15, 0.2) is 0 Å². The fraction of sp³-hybridized carbons (Fsp3) is 0.290. The number of hydrogen-bond acceptors (Lipinski definition) is 5. The number of carbonyl (C=O) groups is 4. The number of amides is 2. The van der Waals surface area contributed by atoms with Crippen LogP contribution >= 0.6 is 0 Å². The number of aromatic nitrogens is 1. The molecular weight excluding hydrogens is 551 g/mol. The molecule has 1 heterocycles. The third-order valence-electron chi connectivity index (χ3n) is 6.40. The van der Waals surface area contributed by atoms with Crippen LogP contribution in [-0.4, -0.2) is 35.7 Å². The summed E-state index contributed by atoms with van der Waals surface area (Å²) in [7, 11) is 0. The molecule has 1 aromatic heterocycles. The first-order valence-electron chi connectivity index (χ1n) is 13.4. The average molecular weight is 584 g/mol. The third-order valence-corrected chi connectivity index (χ3v) is 6.40. The van der Waals surface area contributed by atoms with Crippen LogP contribution in [0.4, 0.5) is 19.0 Å². The van der Waals surface area contributed by atoms with Gasteiger partial charge in [-0.15, -0.1) is 0 Å². The second-order valence-corrected chi connectivity index (χ2v) is 9.43. The molecule has 0 aliphatic carbocycles. The van der Waals surface area contributed by atoms with Crippen LogP contribution in [0.1, 0.15) is 43.7 Å². The number of esters is 1. The van der Waals surface area contributed by atoms with Gasteiger partial charge in [0.1, 0.15) is 17.8 Å². The third kappa shape index (κ3) is 8.42. The largest absolute Gasteiger partial charge is 0.461 e. The van der Waals surface area contributed by atoms with E-state index in [0.717, 1.165) is 16.5 Å². The molecule has 0 saturated heterocycles. The number of carbonyl (C=O) groups excluding carboxylic acids is 4. The number of aromatic amines is 1. The zero-order valence-electron chi connectivity index (χ0n) is 23.0. The van der Waals surface area contributed by atoms with Gasteiger partial charge in [0.25, 0.3) is 0 Å². The maximum absolute atomic E-state index is 14.1. The van der Waals surface area contributed by atoms with E-state index in [2.05, 4.69) is 4.98 Å². The summed E-state index contributed by atoms with van der Waals surface area (Å²) in [6, 6.07) is 16.7. The van der Waals surface area contributed by atoms with Crippen molar-refractivity contribution in [2.45, 2.75) is 45.2 Å². The molecule has 1 atom stereocenters. The van der Waals surface area contributed by atoms with Gasteiger partial charge in [0.05, 0.1) is 12.2 Å². The van der Waals surface area contributed by atoms with E-state index in [1.807, 2.05) is 0 Å². The highest BCUT2D eigenvalue weighted by molar-refractivity contribution is 6.07. The number of nitrogens with two attached hydrogens (primary N) is 1. The molecule has 0 aliphatic heterocycles. The minimum absolute atomic E-state index is 0.00476. The quantitative estimate of drug-likeness (QED) is 0.111. The number of ether oxygens (including phenoxy) is 1. The number of nitrogens with zero attached hydrogens (tertiary/aromatic N) is 1. The number of primary amides is 1. The molecule has 0 fully saturated rings. The first-order valence-corrected chi connectivity index (χ1v) is 13.4. The van der Waals surface area contributed by atoms with Crippen LogP contribution in [0.25, 0.3) is 11.3 Å². The summed E-state index contributed by atoms with van der Waals surface area (Å²) < 4.78 is 46.5. The smallest absolute Gasteiger partial charge is 0.417 e. The lowest BCUT2D eigenvalue weighted by molar-refractivity contribution is -0.139. The predicted molar refractivity (Wildman–Crippen MR) is 151 cm³/mol. The number of halogens is 3. The molecule has 222 valence electrons. The second-order valence-electron chi connectivity index (χ2n) is 9.43. The molecule has 3 rings (SSSR count). The summed E-state index contributed by atoms with van der Waals surface area (Å²) in [5.74, 6) is -2.95. The van der Waals surface area contributed by atoms with Crippen LogP contribution in [0.5, 0.6) is 0 Å². The molecular formula is C31H32F3N3O5. The average Bonchev–Trinajstić information content (AvgIpc) is 3.44. The Hall–Kier alpha value is -4.67. The Morgan fingerprint density at radius 2 is 1.71 bits per heavy atom. The van der Waals surface area contributed by atoms with E-state index in [1.54, 1.807) is 37.3 Å². The Kier molecular flexibility index (Phi) is 11.2. The fourth-order valence-electron chi connectivity index (χ4n) is 4.46. The normalized spacial score (nSPS) is 12.4. The molecule has 8 nitrogen and oxygen atoms in total. The van der Waals surface area contributed by atoms with Gasteiger partial charge in [-0.3, -0.25) is 14.5 Å². The molecule has 0 aliphatic rings. The van der Waals surface area contributed by atoms with Crippen molar-refractivity contribution in [3.63, 3.8) is 0 Å². The number of allylic oxidation sites excluding steroid dienone is 1. The van der Waals surface area contributed by atoms with Gasteiger partial charge in [-0.25, -0.2) is 4.79 Å². The van der Waals surface area contributed by atoms with E-state index in [1.165, 1.54) is 36.4 Å². The fourth-order valence-corrected chi connectivity index (χ4v) is 4.46. The Balaban J connectivity index is 2.14. The van der Waals surface area contributed by atoms with Crippen molar-refractivity contribution in [3.05, 3.63) is 89.6 Å². The molecule has 0 unspecified atom stereocenters. The highest BCUT2D eigenvalue weighted by Crippen LogP contribution is 2.38. The van der Waals surface area contributed by atoms with Crippen LogP contribution in [0, 0.1) is 5.92 Å². The van der Waals surface area contributed by atoms with Gasteiger partial charge >= 0.3 is 12.1 Å². The van der Waals surface area contributed by atoms with Crippen molar-refractivity contribution >= 4 is 29.9 Å². The number of alkyl halides is 3. The number of benzene rings is 2. The van der Waals surface area contributed by atoms with E-state index in [4.69, 9.17) is 10.5 Å². The zero-order chi connectivity index (χ0) is 30.7. The van der Waals surface area contributed by atoms with Crippen molar-refractivity contribution in [2.24, 2.45) is 11.7 Å². The highest BCUT2D eigenvalue weighted by Gasteiger charge is 2.35. The monoisotopic (exact) mass is 583 g/mol. The van der Waals surface area contributed by atoms with Crippen molar-refractivity contribution in [1.29, 1.82) is 0 Å². The summed E-state index contributed by atoms with van der Waals surface area (Å²) in [5, 5.41) is 0. The molecule has 2 amide bonds. The molecule has 0 bridgehead atoms. The Labute approximate surface area is 241 Å². The predicted octanol–water partition coefficient (Wildman–Crippen LogP) is 5.58. The maximum atomic E-state index is 14.1. The number of anilines is 1. The first kappa shape index (κ1) is 31.9. The minimum atomic E-state index is -4.64. The summed E-state index contributed by atoms with van der Waals surface area (Å²) in [6.07, 6.45) is -2.15. The Bertz CT molecular complexity index is 1420. The molecule has 3 N–H and O–H groups in total. The summed E-state index contributed by atoms with van der Waals surface area (Å²) in [4.78, 5) is 54.1. The summed E-state index contributed by atoms with van der Waals surface area (Å²) in [5.41, 5.74) is 4.82. The number of nitrogens with one attached hydrogen (secondary N) is 1. The molecule has 3 aromatic rings. The Morgan fingerprint density at radius 1 is 1.02 bits per heavy atom. The highest BCUT2D eigenvalue weighted by atomic mass is 19.4. The van der Waals surface area contributed by atoms with Crippen LogP contribution in [0.2, 0.25) is 0 Å². The molecule has 0 spiro atoms. The lowest BCUT2D eigenvalue weighted by Crippen LogP contribution is -2.40. The second kappa shape index (κ2) is 14.8. The van der Waals surface area contributed by atoms with Crippen molar-refractivity contribution < 1.29 is 37.1 Å². The van der Waals surface area contributed by atoms with Gasteiger partial charge in [0.2, 0.25) is 11.8 Å². The van der Waals surface area contributed by atoms with E-state index < -0.39 is 35.4 Å². The molecule has 42 heavy (non-hydrogen) atoms. The number of rotatable bonds is 14. The zero-order valence-corrected chi connectivity index (χ0v) is 23.0. The van der Waals surface area contributed by atoms with E-state index in [0.29, 0.717) is 6.29 Å². The van der Waals surface area contributed by atoms with Crippen molar-refractivity contribution in [2.75, 3.05) is 11.5 Å². The maximum Gasteiger partial charge on any atom is 0.417 e. The summed E-state index contributed by atoms with van der Waals surface area (Å²) >= 11 is 0. The molecule has 11 heteroatoms. The lowest BCUT2D eigenvalue weighted by atomic mass is 9.95. The van der Waals surface area contributed by atoms with E-state index in [9.17, 15) is 32.3 Å². The van der Waals surface area contributed by atoms with Gasteiger partial charge < -0.3 is 20.2 Å². The van der Waals surface area contributed by atoms with Crippen LogP contribution < -0.4 is 10.6 Å². The number of H-pyrrole nitrogens is 1. The van der Waals surface area contributed by atoms with Gasteiger partial charge in [-0.1, -0.05) is 54.6 Å². The number of unbranched alkanes of at least 4 members (excludes halogenated alkanes) is 1. The molecule has 0 radical (unpaired) electrons. The van der Waals surface area contributed by atoms with Gasteiger partial charge in [-0.2, -0.15) is 13.2 Å². The van der Waals surface area contributed by atoms with Crippen LogP contribution in [0.3, 0.4) is 0 Å². The molecule has 2 aromatic carbocycles. The van der Waals surface area contributed by atoms with Crippen molar-refractivity contribution in [3.8, 4) is 11.3 Å². The van der Waals surface area contributed by atoms with Crippen molar-refractivity contribution in [1.82, 2.24) is 4.98 Å². The topological polar surface area (TPSA) is 123 Å². The van der Waals surface area contributed by atoms with Crippen LogP contribution in [-0.2, 0) is 36.5 Å². The van der Waals surface area contributed by atoms with Gasteiger partial charge in [0, 0.05) is 30.0 Å². The van der Waals surface area contributed by atoms with E-state index in [-0.39, 0.29) is 61.5 Å². The van der Waals surface area contributed by atoms with E-state index >= 15 is 0 Å². The Morgan fingerprint density at radius 3 is 2.36 bits per heavy atom. The van der Waals surface area contributed by atoms with Crippen LogP contribution in [0.15, 0.2) is 78.5 Å². The molecule has 0 saturated carbocycles. The number of hydrogen-bond donors (Lipinski definition) is 2.